The van der Waals surface area contributed by atoms with Crippen LogP contribution in [0, 0.1) is 6.92 Å². The zero-order valence-electron chi connectivity index (χ0n) is 14.3. The van der Waals surface area contributed by atoms with Crippen molar-refractivity contribution in [2.45, 2.75) is 25.8 Å². The minimum atomic E-state index is -0.167. The maximum absolute atomic E-state index is 11.7. The topological polar surface area (TPSA) is 93.2 Å². The highest BCUT2D eigenvalue weighted by molar-refractivity contribution is 5.91. The van der Waals surface area contributed by atoms with Crippen LogP contribution >= 0.6 is 0 Å². The number of aromatic nitrogens is 6. The first-order valence-electron chi connectivity index (χ1n) is 8.37. The molecule has 0 aromatic carbocycles. The summed E-state index contributed by atoms with van der Waals surface area (Å²) < 4.78 is 3.46. The fraction of sp³-hybridized carbons (Fsp3) is 0.438. The molecule has 1 aliphatic rings. The van der Waals surface area contributed by atoms with Gasteiger partial charge in [0.15, 0.2) is 11.5 Å². The summed E-state index contributed by atoms with van der Waals surface area (Å²) in [5.74, 6) is 1.42. The van der Waals surface area contributed by atoms with Gasteiger partial charge in [0.2, 0.25) is 0 Å². The second-order valence-corrected chi connectivity index (χ2v) is 6.20. The average Bonchev–Trinajstić information content (AvgIpc) is 3.26. The zero-order chi connectivity index (χ0) is 17.4. The second-order valence-electron chi connectivity index (χ2n) is 6.20. The molecular formula is C16H20N8O. The van der Waals surface area contributed by atoms with E-state index in [1.165, 1.54) is 0 Å². The number of amides is 1. The molecule has 0 bridgehead atoms. The average molecular weight is 340 g/mol. The van der Waals surface area contributed by atoms with Gasteiger partial charge in [-0.3, -0.25) is 9.48 Å². The third kappa shape index (κ3) is 2.92. The van der Waals surface area contributed by atoms with Gasteiger partial charge in [-0.05, 0) is 38.0 Å². The Morgan fingerprint density at radius 3 is 2.96 bits per heavy atom. The number of anilines is 1. The van der Waals surface area contributed by atoms with E-state index in [1.807, 2.05) is 29.9 Å². The van der Waals surface area contributed by atoms with Gasteiger partial charge in [0, 0.05) is 26.3 Å². The van der Waals surface area contributed by atoms with Gasteiger partial charge >= 0.3 is 0 Å². The maximum atomic E-state index is 11.7. The summed E-state index contributed by atoms with van der Waals surface area (Å²) in [5, 5.41) is 15.9. The van der Waals surface area contributed by atoms with Crippen LogP contribution in [0.3, 0.4) is 0 Å². The first-order chi connectivity index (χ1) is 12.1. The number of carbonyl (C=O) groups excluding carboxylic acids is 1. The molecule has 3 aromatic heterocycles. The minimum Gasteiger partial charge on any atom is -0.354 e. The molecule has 0 radical (unpaired) electrons. The number of nitrogens with one attached hydrogen (secondary N) is 1. The Morgan fingerprint density at radius 2 is 2.12 bits per heavy atom. The van der Waals surface area contributed by atoms with E-state index < -0.39 is 0 Å². The molecule has 1 saturated heterocycles. The monoisotopic (exact) mass is 340 g/mol. The van der Waals surface area contributed by atoms with E-state index in [4.69, 9.17) is 0 Å². The van der Waals surface area contributed by atoms with E-state index >= 15 is 0 Å². The van der Waals surface area contributed by atoms with Gasteiger partial charge in [0.25, 0.3) is 5.91 Å². The van der Waals surface area contributed by atoms with Crippen LogP contribution in [0.25, 0.3) is 5.65 Å². The predicted octanol–water partition coefficient (Wildman–Crippen LogP) is 0.830. The van der Waals surface area contributed by atoms with Crippen LogP contribution < -0.4 is 10.2 Å². The fourth-order valence-electron chi connectivity index (χ4n) is 3.22. The van der Waals surface area contributed by atoms with E-state index in [9.17, 15) is 4.79 Å². The van der Waals surface area contributed by atoms with Crippen LogP contribution in [0.1, 0.15) is 35.2 Å². The Hall–Kier alpha value is -2.97. The van der Waals surface area contributed by atoms with E-state index in [-0.39, 0.29) is 11.9 Å². The number of hydrogen-bond donors (Lipinski definition) is 1. The SMILES string of the molecule is CNC(=O)c1ccn([C@@H]2CCCN(c3ccc4nc(C)nn4n3)C2)n1. The standard InChI is InChI=1S/C16H20N8O/c1-11-18-14-5-6-15(21-24(14)19-11)22-8-3-4-12(10-22)23-9-7-13(20-23)16(25)17-2/h5-7,9,12H,3-4,8,10H2,1-2H3,(H,17,25)/t12-/m1/s1. The number of rotatable bonds is 3. The Balaban J connectivity index is 1.55. The molecule has 3 aromatic rings. The van der Waals surface area contributed by atoms with Crippen molar-refractivity contribution in [3.8, 4) is 0 Å². The van der Waals surface area contributed by atoms with Gasteiger partial charge in [-0.25, -0.2) is 4.98 Å². The summed E-state index contributed by atoms with van der Waals surface area (Å²) in [4.78, 5) is 18.2. The normalized spacial score (nSPS) is 17.8. The molecule has 9 heteroatoms. The van der Waals surface area contributed by atoms with Crippen LogP contribution in [0.15, 0.2) is 24.4 Å². The zero-order valence-corrected chi connectivity index (χ0v) is 14.3. The minimum absolute atomic E-state index is 0.167. The number of aryl methyl sites for hydroxylation is 1. The largest absolute Gasteiger partial charge is 0.354 e. The highest BCUT2D eigenvalue weighted by Crippen LogP contribution is 2.24. The van der Waals surface area contributed by atoms with Crippen molar-refractivity contribution in [2.75, 3.05) is 25.0 Å². The van der Waals surface area contributed by atoms with Gasteiger partial charge in [0.1, 0.15) is 11.5 Å². The third-order valence-electron chi connectivity index (χ3n) is 4.46. The molecule has 0 saturated carbocycles. The molecule has 1 aliphatic heterocycles. The highest BCUT2D eigenvalue weighted by atomic mass is 16.1. The quantitative estimate of drug-likeness (QED) is 0.759. The Labute approximate surface area is 144 Å². The van der Waals surface area contributed by atoms with Crippen molar-refractivity contribution >= 4 is 17.4 Å². The lowest BCUT2D eigenvalue weighted by molar-refractivity contribution is 0.0957. The van der Waals surface area contributed by atoms with Crippen LogP contribution in [0.4, 0.5) is 5.82 Å². The van der Waals surface area contributed by atoms with Gasteiger partial charge in [0.05, 0.1) is 6.04 Å². The van der Waals surface area contributed by atoms with Crippen LogP contribution in [0.2, 0.25) is 0 Å². The molecule has 130 valence electrons. The molecule has 0 unspecified atom stereocenters. The van der Waals surface area contributed by atoms with Crippen LogP contribution in [-0.4, -0.2) is 55.6 Å². The lowest BCUT2D eigenvalue weighted by Crippen LogP contribution is -2.37. The molecule has 1 fully saturated rings. The first kappa shape index (κ1) is 15.6. The van der Waals surface area contributed by atoms with Crippen molar-refractivity contribution in [3.05, 3.63) is 35.9 Å². The molecule has 4 rings (SSSR count). The Kier molecular flexibility index (Phi) is 3.83. The van der Waals surface area contributed by atoms with Crippen molar-refractivity contribution in [3.63, 3.8) is 0 Å². The van der Waals surface area contributed by atoms with E-state index in [2.05, 4.69) is 30.5 Å². The molecule has 1 N–H and O–H groups in total. The maximum Gasteiger partial charge on any atom is 0.271 e. The lowest BCUT2D eigenvalue weighted by atomic mass is 10.1. The molecule has 0 aliphatic carbocycles. The summed E-state index contributed by atoms with van der Waals surface area (Å²) in [6.45, 7) is 3.58. The molecular weight excluding hydrogens is 320 g/mol. The van der Waals surface area contributed by atoms with Gasteiger partial charge in [-0.1, -0.05) is 0 Å². The fourth-order valence-corrected chi connectivity index (χ4v) is 3.22. The molecule has 1 amide bonds. The van der Waals surface area contributed by atoms with Crippen LogP contribution in [-0.2, 0) is 0 Å². The van der Waals surface area contributed by atoms with Crippen molar-refractivity contribution < 1.29 is 4.79 Å². The van der Waals surface area contributed by atoms with E-state index in [0.717, 1.165) is 37.4 Å². The first-order valence-corrected chi connectivity index (χ1v) is 8.37. The molecule has 1 atom stereocenters. The number of fused-ring (bicyclic) bond motifs is 1. The number of hydrogen-bond acceptors (Lipinski definition) is 6. The molecule has 25 heavy (non-hydrogen) atoms. The van der Waals surface area contributed by atoms with Crippen molar-refractivity contribution in [1.29, 1.82) is 0 Å². The van der Waals surface area contributed by atoms with E-state index in [1.54, 1.807) is 17.7 Å². The summed E-state index contributed by atoms with van der Waals surface area (Å²) in [5.41, 5.74) is 1.19. The van der Waals surface area contributed by atoms with E-state index in [0.29, 0.717) is 11.5 Å². The molecule has 4 heterocycles. The summed E-state index contributed by atoms with van der Waals surface area (Å²) in [6.07, 6.45) is 3.93. The number of nitrogens with zero attached hydrogens (tertiary/aromatic N) is 7. The number of piperidine rings is 1. The van der Waals surface area contributed by atoms with Crippen LogP contribution in [0.5, 0.6) is 0 Å². The summed E-state index contributed by atoms with van der Waals surface area (Å²) >= 11 is 0. The summed E-state index contributed by atoms with van der Waals surface area (Å²) in [6, 6.07) is 5.87. The molecule has 0 spiro atoms. The predicted molar refractivity (Wildman–Crippen MR) is 91.6 cm³/mol. The van der Waals surface area contributed by atoms with Gasteiger partial charge < -0.3 is 10.2 Å². The van der Waals surface area contributed by atoms with Gasteiger partial charge in [-0.15, -0.1) is 14.8 Å². The summed E-state index contributed by atoms with van der Waals surface area (Å²) in [7, 11) is 1.61. The highest BCUT2D eigenvalue weighted by Gasteiger charge is 2.24. The number of carbonyl (C=O) groups is 1. The lowest BCUT2D eigenvalue weighted by Gasteiger charge is -2.33. The van der Waals surface area contributed by atoms with Crippen molar-refractivity contribution in [1.82, 2.24) is 34.9 Å². The van der Waals surface area contributed by atoms with Crippen molar-refractivity contribution in [2.24, 2.45) is 0 Å². The smallest absolute Gasteiger partial charge is 0.271 e. The third-order valence-corrected chi connectivity index (χ3v) is 4.46. The Morgan fingerprint density at radius 1 is 1.24 bits per heavy atom. The second kappa shape index (κ2) is 6.15. The van der Waals surface area contributed by atoms with Gasteiger partial charge in [-0.2, -0.15) is 5.10 Å². The Bertz CT molecular complexity index is 914. The molecule has 9 nitrogen and oxygen atoms in total.